The molecule has 240 valence electrons. The van der Waals surface area contributed by atoms with Gasteiger partial charge in [-0.05, 0) is 133 Å². The van der Waals surface area contributed by atoms with Crippen LogP contribution in [0, 0.1) is 0 Å². The van der Waals surface area contributed by atoms with Gasteiger partial charge in [0.05, 0.1) is 0 Å². The van der Waals surface area contributed by atoms with E-state index in [9.17, 15) is 13.2 Å². The molecule has 4 aliphatic rings. The number of anilines is 3. The summed E-state index contributed by atoms with van der Waals surface area (Å²) in [6.45, 7) is 9.73. The second kappa shape index (κ2) is 13.6. The van der Waals surface area contributed by atoms with Gasteiger partial charge in [0.25, 0.3) is 0 Å². The van der Waals surface area contributed by atoms with Crippen LogP contribution < -0.4 is 10.6 Å². The smallest absolute Gasteiger partial charge is 0.375 e. The Balaban J connectivity index is 1.10. The molecule has 2 saturated carbocycles. The van der Waals surface area contributed by atoms with Gasteiger partial charge in [0.15, 0.2) is 0 Å². The van der Waals surface area contributed by atoms with E-state index < -0.39 is 11.7 Å². The van der Waals surface area contributed by atoms with Crippen LogP contribution in [0.4, 0.5) is 30.6 Å². The molecule has 2 saturated heterocycles. The van der Waals surface area contributed by atoms with Gasteiger partial charge in [0, 0.05) is 37.1 Å². The number of piperidine rings is 2. The van der Waals surface area contributed by atoms with Crippen LogP contribution in [-0.2, 0) is 6.18 Å². The third-order valence-electron chi connectivity index (χ3n) is 10.3. The van der Waals surface area contributed by atoms with Gasteiger partial charge in [0.2, 0.25) is 5.95 Å². The van der Waals surface area contributed by atoms with Crippen LogP contribution in [0.3, 0.4) is 0 Å². The predicted molar refractivity (Wildman–Crippen MR) is 170 cm³/mol. The van der Waals surface area contributed by atoms with Crippen LogP contribution in [0.25, 0.3) is 0 Å². The normalized spacial score (nSPS) is 21.2. The first kappa shape index (κ1) is 31.1. The minimum Gasteiger partial charge on any atom is -0.375 e. The Morgan fingerprint density at radius 1 is 1.00 bits per heavy atom. The van der Waals surface area contributed by atoms with E-state index in [4.69, 9.17) is 0 Å². The molecule has 0 atom stereocenters. The van der Waals surface area contributed by atoms with Gasteiger partial charge in [-0.2, -0.15) is 18.2 Å². The summed E-state index contributed by atoms with van der Waals surface area (Å²) in [5.41, 5.74) is 2.67. The molecule has 10 heteroatoms. The Hall–Kier alpha value is -2.85. The molecule has 1 aromatic heterocycles. The van der Waals surface area contributed by atoms with E-state index in [0.29, 0.717) is 30.8 Å². The number of nitrogens with one attached hydrogen (secondary N) is 2. The van der Waals surface area contributed by atoms with Gasteiger partial charge in [-0.1, -0.05) is 18.7 Å². The SMILES string of the molecule is C=CN(CCCNc1nc(Nc2ccc(C3CCN(C4CCN(C)CC4)CC3)cc2C2CC2)ncc1C(F)(F)F)C1CCC1. The molecule has 6 rings (SSSR count). The Bertz CT molecular complexity index is 1260. The lowest BCUT2D eigenvalue weighted by Gasteiger charge is -2.41. The average Bonchev–Trinajstić information content (AvgIpc) is 3.84. The summed E-state index contributed by atoms with van der Waals surface area (Å²) in [6, 6.07) is 7.85. The zero-order chi connectivity index (χ0) is 30.7. The molecule has 44 heavy (non-hydrogen) atoms. The molecule has 2 aliphatic heterocycles. The van der Waals surface area contributed by atoms with Crippen molar-refractivity contribution in [3.63, 3.8) is 0 Å². The summed E-state index contributed by atoms with van der Waals surface area (Å²) < 4.78 is 41.5. The van der Waals surface area contributed by atoms with E-state index in [1.54, 1.807) is 0 Å². The fourth-order valence-electron chi connectivity index (χ4n) is 7.15. The van der Waals surface area contributed by atoms with Crippen molar-refractivity contribution in [2.24, 2.45) is 0 Å². The summed E-state index contributed by atoms with van der Waals surface area (Å²) in [6.07, 6.45) is 9.58. The van der Waals surface area contributed by atoms with Crippen LogP contribution in [0.5, 0.6) is 0 Å². The second-order valence-electron chi connectivity index (χ2n) is 13.3. The molecule has 1 aromatic carbocycles. The molecule has 0 unspecified atom stereocenters. The van der Waals surface area contributed by atoms with Crippen LogP contribution in [0.2, 0.25) is 0 Å². The Morgan fingerprint density at radius 3 is 2.39 bits per heavy atom. The molecule has 0 spiro atoms. The summed E-state index contributed by atoms with van der Waals surface area (Å²) in [7, 11) is 2.22. The zero-order valence-corrected chi connectivity index (χ0v) is 26.1. The monoisotopic (exact) mass is 611 g/mol. The van der Waals surface area contributed by atoms with Crippen molar-refractivity contribution in [2.75, 3.05) is 56.9 Å². The van der Waals surface area contributed by atoms with Crippen molar-refractivity contribution < 1.29 is 13.2 Å². The Kier molecular flexibility index (Phi) is 9.66. The zero-order valence-electron chi connectivity index (χ0n) is 26.1. The van der Waals surface area contributed by atoms with Crippen LogP contribution in [0.15, 0.2) is 37.2 Å². The van der Waals surface area contributed by atoms with Gasteiger partial charge >= 0.3 is 6.18 Å². The number of nitrogens with zero attached hydrogens (tertiary/aromatic N) is 5. The second-order valence-corrected chi connectivity index (χ2v) is 13.3. The number of aromatic nitrogens is 2. The average molecular weight is 612 g/mol. The highest BCUT2D eigenvalue weighted by atomic mass is 19.4. The largest absolute Gasteiger partial charge is 0.421 e. The molecular formula is C34H48F3N7. The van der Waals surface area contributed by atoms with Gasteiger partial charge in [-0.15, -0.1) is 0 Å². The molecule has 2 aliphatic carbocycles. The van der Waals surface area contributed by atoms with Gasteiger partial charge in [-0.25, -0.2) is 4.98 Å². The minimum atomic E-state index is -4.54. The number of halogens is 3. The maximum absolute atomic E-state index is 13.8. The van der Waals surface area contributed by atoms with Crippen molar-refractivity contribution >= 4 is 17.5 Å². The molecule has 2 aromatic rings. The number of alkyl halides is 3. The van der Waals surface area contributed by atoms with E-state index in [-0.39, 0.29) is 11.8 Å². The van der Waals surface area contributed by atoms with E-state index in [1.807, 2.05) is 6.20 Å². The molecule has 0 radical (unpaired) electrons. The number of hydrogen-bond donors (Lipinski definition) is 2. The van der Waals surface area contributed by atoms with Crippen molar-refractivity contribution in [1.29, 1.82) is 0 Å². The molecule has 3 heterocycles. The van der Waals surface area contributed by atoms with E-state index in [2.05, 4.69) is 67.1 Å². The summed E-state index contributed by atoms with van der Waals surface area (Å²) >= 11 is 0. The van der Waals surface area contributed by atoms with Crippen molar-refractivity contribution in [3.8, 4) is 0 Å². The highest BCUT2D eigenvalue weighted by Gasteiger charge is 2.36. The van der Waals surface area contributed by atoms with E-state index >= 15 is 0 Å². The first-order valence-corrected chi connectivity index (χ1v) is 16.7. The topological polar surface area (TPSA) is 59.6 Å². The standard InChI is InChI=1S/C34H48F3N7/c1-3-43(27-6-4-7-27)17-5-16-38-32-30(34(35,36)37)23-39-33(41-32)40-31-11-10-26(22-29(31)25-8-9-25)24-12-20-44(21-13-24)28-14-18-42(2)19-15-28/h3,10-11,22-25,27-28H,1,4-9,12-21H2,2H3,(H2,38,39,40,41). The van der Waals surface area contributed by atoms with Crippen LogP contribution in [0.1, 0.15) is 92.7 Å². The van der Waals surface area contributed by atoms with Crippen molar-refractivity contribution in [2.45, 2.75) is 94.3 Å². The molecule has 0 bridgehead atoms. The molecule has 7 nitrogen and oxygen atoms in total. The van der Waals surface area contributed by atoms with Crippen molar-refractivity contribution in [1.82, 2.24) is 24.7 Å². The Morgan fingerprint density at radius 2 is 1.75 bits per heavy atom. The summed E-state index contributed by atoms with van der Waals surface area (Å²) in [5.74, 6) is 1.03. The number of hydrogen-bond acceptors (Lipinski definition) is 7. The van der Waals surface area contributed by atoms with E-state index in [0.717, 1.165) is 63.2 Å². The van der Waals surface area contributed by atoms with Gasteiger partial charge in [-0.3, -0.25) is 0 Å². The predicted octanol–water partition coefficient (Wildman–Crippen LogP) is 7.19. The number of rotatable bonds is 12. The maximum atomic E-state index is 13.8. The lowest BCUT2D eigenvalue weighted by atomic mass is 9.86. The van der Waals surface area contributed by atoms with Crippen LogP contribution >= 0.6 is 0 Å². The first-order valence-electron chi connectivity index (χ1n) is 16.7. The highest BCUT2D eigenvalue weighted by Crippen LogP contribution is 2.46. The van der Waals surface area contributed by atoms with Crippen LogP contribution in [-0.4, -0.2) is 83.1 Å². The molecule has 4 fully saturated rings. The first-order chi connectivity index (χ1) is 21.3. The molecule has 0 amide bonds. The maximum Gasteiger partial charge on any atom is 0.421 e. The summed E-state index contributed by atoms with van der Waals surface area (Å²) in [4.78, 5) is 15.8. The number of likely N-dealkylation sites (tertiary alicyclic amines) is 2. The number of benzene rings is 1. The fourth-order valence-corrected chi connectivity index (χ4v) is 7.15. The lowest BCUT2D eigenvalue weighted by molar-refractivity contribution is -0.137. The molecular weight excluding hydrogens is 563 g/mol. The van der Waals surface area contributed by atoms with Gasteiger partial charge in [0.1, 0.15) is 11.4 Å². The fraction of sp³-hybridized carbons (Fsp3) is 0.647. The quantitative estimate of drug-likeness (QED) is 0.247. The van der Waals surface area contributed by atoms with E-state index in [1.165, 1.54) is 56.3 Å². The summed E-state index contributed by atoms with van der Waals surface area (Å²) in [5, 5.41) is 6.23. The molecule has 2 N–H and O–H groups in total. The minimum absolute atomic E-state index is 0.176. The highest BCUT2D eigenvalue weighted by molar-refractivity contribution is 5.63. The van der Waals surface area contributed by atoms with Gasteiger partial charge < -0.3 is 25.3 Å². The Labute approximate surface area is 260 Å². The lowest BCUT2D eigenvalue weighted by Crippen LogP contribution is -2.46. The van der Waals surface area contributed by atoms with Crippen molar-refractivity contribution in [3.05, 3.63) is 53.9 Å². The third kappa shape index (κ3) is 7.50. The third-order valence-corrected chi connectivity index (χ3v) is 10.3.